The minimum absolute atomic E-state index is 0.0364. The molecule has 118 valence electrons. The molecule has 2 unspecified atom stereocenters. The van der Waals surface area contributed by atoms with E-state index in [-0.39, 0.29) is 15.8 Å². The first-order chi connectivity index (χ1) is 9.74. The van der Waals surface area contributed by atoms with E-state index in [1.54, 1.807) is 0 Å². The highest BCUT2D eigenvalue weighted by molar-refractivity contribution is 7.90. The predicted octanol–water partition coefficient (Wildman–Crippen LogP) is 1.06. The summed E-state index contributed by atoms with van der Waals surface area (Å²) in [5.41, 5.74) is 0. The molecule has 1 aromatic rings. The minimum Gasteiger partial charge on any atom is -0.214 e. The van der Waals surface area contributed by atoms with Gasteiger partial charge in [0.05, 0.1) is 9.79 Å². The summed E-state index contributed by atoms with van der Waals surface area (Å²) in [4.78, 5) is 0.121. The van der Waals surface area contributed by atoms with Gasteiger partial charge in [-0.15, -0.1) is 0 Å². The van der Waals surface area contributed by atoms with Crippen LogP contribution in [0.15, 0.2) is 34.1 Å². The Kier molecular flexibility index (Phi) is 4.72. The van der Waals surface area contributed by atoms with Crippen molar-refractivity contribution in [1.82, 2.24) is 9.44 Å². The van der Waals surface area contributed by atoms with Crippen LogP contribution < -0.4 is 9.44 Å². The first kappa shape index (κ1) is 16.4. The first-order valence-electron chi connectivity index (χ1n) is 6.80. The van der Waals surface area contributed by atoms with Crippen molar-refractivity contribution in [3.63, 3.8) is 0 Å². The second-order valence-corrected chi connectivity index (χ2v) is 9.02. The van der Waals surface area contributed by atoms with Crippen LogP contribution in [0.2, 0.25) is 0 Å². The van der Waals surface area contributed by atoms with Gasteiger partial charge in [0.1, 0.15) is 0 Å². The van der Waals surface area contributed by atoms with Crippen LogP contribution in [-0.4, -0.2) is 29.9 Å². The van der Waals surface area contributed by atoms with Crippen molar-refractivity contribution in [2.45, 2.75) is 42.0 Å². The van der Waals surface area contributed by atoms with Gasteiger partial charge >= 0.3 is 0 Å². The molecule has 1 aliphatic carbocycles. The molecule has 0 amide bonds. The van der Waals surface area contributed by atoms with Gasteiger partial charge in [0.2, 0.25) is 20.0 Å². The highest BCUT2D eigenvalue weighted by Gasteiger charge is 2.26. The Morgan fingerprint density at radius 1 is 0.952 bits per heavy atom. The fourth-order valence-electron chi connectivity index (χ4n) is 2.52. The first-order valence-corrected chi connectivity index (χ1v) is 9.77. The van der Waals surface area contributed by atoms with Crippen molar-refractivity contribution < 1.29 is 16.8 Å². The summed E-state index contributed by atoms with van der Waals surface area (Å²) in [7, 11) is -5.85. The smallest absolute Gasteiger partial charge is 0.214 e. The molecule has 8 heteroatoms. The third-order valence-electron chi connectivity index (χ3n) is 3.73. The molecule has 0 saturated heterocycles. The van der Waals surface area contributed by atoms with Crippen LogP contribution in [0.5, 0.6) is 0 Å². The van der Waals surface area contributed by atoms with Gasteiger partial charge in [0, 0.05) is 6.04 Å². The Morgan fingerprint density at radius 3 is 1.90 bits per heavy atom. The zero-order valence-electron chi connectivity index (χ0n) is 12.0. The molecule has 0 heterocycles. The number of rotatable bonds is 5. The highest BCUT2D eigenvalue weighted by atomic mass is 32.2. The summed E-state index contributed by atoms with van der Waals surface area (Å²) in [6.45, 7) is 2.10. The zero-order valence-corrected chi connectivity index (χ0v) is 13.7. The minimum atomic E-state index is -3.60. The molecule has 2 atom stereocenters. The topological polar surface area (TPSA) is 92.3 Å². The van der Waals surface area contributed by atoms with Crippen molar-refractivity contribution in [3.8, 4) is 0 Å². The third-order valence-corrected chi connectivity index (χ3v) is 6.70. The monoisotopic (exact) mass is 332 g/mol. The molecule has 0 spiro atoms. The Bertz CT molecular complexity index is 696. The maximum absolute atomic E-state index is 12.2. The molecule has 1 aromatic carbocycles. The molecule has 1 fully saturated rings. The van der Waals surface area contributed by atoms with Crippen LogP contribution in [0.3, 0.4) is 0 Å². The lowest BCUT2D eigenvalue weighted by Gasteiger charge is -2.13. The van der Waals surface area contributed by atoms with Gasteiger partial charge in [-0.3, -0.25) is 0 Å². The van der Waals surface area contributed by atoms with Crippen molar-refractivity contribution in [3.05, 3.63) is 24.3 Å². The van der Waals surface area contributed by atoms with Crippen LogP contribution in [-0.2, 0) is 20.0 Å². The summed E-state index contributed by atoms with van der Waals surface area (Å²) >= 11 is 0. The van der Waals surface area contributed by atoms with Gasteiger partial charge in [0.25, 0.3) is 0 Å². The second kappa shape index (κ2) is 6.04. The largest absolute Gasteiger partial charge is 0.240 e. The van der Waals surface area contributed by atoms with E-state index in [2.05, 4.69) is 16.4 Å². The summed E-state index contributed by atoms with van der Waals surface area (Å²) < 4.78 is 52.6. The SMILES string of the molecule is CNS(=O)(=O)c1ccc(S(=O)(=O)NC2CCC(C)C2)cc1. The Labute approximate surface area is 126 Å². The summed E-state index contributed by atoms with van der Waals surface area (Å²) in [5, 5.41) is 0. The Hall–Kier alpha value is -0.960. The van der Waals surface area contributed by atoms with E-state index in [4.69, 9.17) is 0 Å². The lowest BCUT2D eigenvalue weighted by Crippen LogP contribution is -2.33. The quantitative estimate of drug-likeness (QED) is 0.843. The van der Waals surface area contributed by atoms with Crippen LogP contribution in [0.1, 0.15) is 26.2 Å². The number of sulfonamides is 2. The molecular formula is C13H20N2O4S2. The predicted molar refractivity (Wildman–Crippen MR) is 79.8 cm³/mol. The highest BCUT2D eigenvalue weighted by Crippen LogP contribution is 2.26. The van der Waals surface area contributed by atoms with Gasteiger partial charge in [-0.05, 0) is 56.5 Å². The number of hydrogen-bond donors (Lipinski definition) is 2. The summed E-state index contributed by atoms with van der Waals surface area (Å²) in [6, 6.07) is 5.16. The van der Waals surface area contributed by atoms with Crippen molar-refractivity contribution >= 4 is 20.0 Å². The average Bonchev–Trinajstić information content (AvgIpc) is 2.83. The molecule has 0 radical (unpaired) electrons. The van der Waals surface area contributed by atoms with Crippen molar-refractivity contribution in [1.29, 1.82) is 0 Å². The van der Waals surface area contributed by atoms with Gasteiger partial charge in [-0.1, -0.05) is 6.92 Å². The zero-order chi connectivity index (χ0) is 15.7. The summed E-state index contributed by atoms with van der Waals surface area (Å²) in [5.74, 6) is 0.529. The van der Waals surface area contributed by atoms with Crippen LogP contribution in [0.4, 0.5) is 0 Å². The average molecular weight is 332 g/mol. The van der Waals surface area contributed by atoms with E-state index in [1.807, 2.05) is 0 Å². The fourth-order valence-corrected chi connectivity index (χ4v) is 4.53. The third kappa shape index (κ3) is 3.82. The number of nitrogens with one attached hydrogen (secondary N) is 2. The van der Waals surface area contributed by atoms with Gasteiger partial charge in [-0.2, -0.15) is 0 Å². The van der Waals surface area contributed by atoms with E-state index >= 15 is 0 Å². The molecule has 0 bridgehead atoms. The molecule has 2 N–H and O–H groups in total. The summed E-state index contributed by atoms with van der Waals surface area (Å²) in [6.07, 6.45) is 2.70. The van der Waals surface area contributed by atoms with E-state index in [0.717, 1.165) is 19.3 Å². The standard InChI is InChI=1S/C13H20N2O4S2/c1-10-3-4-11(9-10)15-21(18,19)13-7-5-12(6-8-13)20(16,17)14-2/h5-8,10-11,14-15H,3-4,9H2,1-2H3. The molecule has 1 saturated carbocycles. The molecular weight excluding hydrogens is 312 g/mol. The molecule has 1 aliphatic rings. The molecule has 0 aromatic heterocycles. The number of benzene rings is 1. The van der Waals surface area contributed by atoms with E-state index in [0.29, 0.717) is 5.92 Å². The Balaban J connectivity index is 2.17. The van der Waals surface area contributed by atoms with Crippen LogP contribution in [0.25, 0.3) is 0 Å². The maximum Gasteiger partial charge on any atom is 0.240 e. The van der Waals surface area contributed by atoms with Gasteiger partial charge in [0.15, 0.2) is 0 Å². The molecule has 2 rings (SSSR count). The van der Waals surface area contributed by atoms with Crippen LogP contribution >= 0.6 is 0 Å². The second-order valence-electron chi connectivity index (χ2n) is 5.42. The van der Waals surface area contributed by atoms with E-state index in [9.17, 15) is 16.8 Å². The maximum atomic E-state index is 12.2. The van der Waals surface area contributed by atoms with Crippen molar-refractivity contribution in [2.24, 2.45) is 5.92 Å². The lowest BCUT2D eigenvalue weighted by molar-refractivity contribution is 0.538. The fraction of sp³-hybridized carbons (Fsp3) is 0.538. The van der Waals surface area contributed by atoms with Gasteiger partial charge in [-0.25, -0.2) is 26.3 Å². The van der Waals surface area contributed by atoms with E-state index < -0.39 is 20.0 Å². The van der Waals surface area contributed by atoms with Crippen molar-refractivity contribution in [2.75, 3.05) is 7.05 Å². The molecule has 0 aliphatic heterocycles. The number of hydrogen-bond acceptors (Lipinski definition) is 4. The van der Waals surface area contributed by atoms with Gasteiger partial charge < -0.3 is 0 Å². The molecule has 21 heavy (non-hydrogen) atoms. The Morgan fingerprint density at radius 2 is 1.48 bits per heavy atom. The van der Waals surface area contributed by atoms with Crippen LogP contribution in [0, 0.1) is 5.92 Å². The normalized spacial score (nSPS) is 23.3. The lowest BCUT2D eigenvalue weighted by atomic mass is 10.1. The molecule has 6 nitrogen and oxygen atoms in total. The van der Waals surface area contributed by atoms with E-state index in [1.165, 1.54) is 31.3 Å².